The van der Waals surface area contributed by atoms with Crippen LogP contribution in [0.2, 0.25) is 0 Å². The highest BCUT2D eigenvalue weighted by atomic mass is 16.3. The lowest BCUT2D eigenvalue weighted by Gasteiger charge is -2.04. The lowest BCUT2D eigenvalue weighted by Crippen LogP contribution is -1.97. The lowest BCUT2D eigenvalue weighted by molar-refractivity contribution is 0.475. The summed E-state index contributed by atoms with van der Waals surface area (Å²) in [5.74, 6) is 0.252. The van der Waals surface area contributed by atoms with Gasteiger partial charge >= 0.3 is 0 Å². The van der Waals surface area contributed by atoms with Crippen LogP contribution >= 0.6 is 0 Å². The van der Waals surface area contributed by atoms with Crippen LogP contribution in [-0.4, -0.2) is 9.67 Å². The quantitative estimate of drug-likeness (QED) is 0.790. The molecule has 0 saturated heterocycles. The molecule has 0 spiro atoms. The smallest absolute Gasteiger partial charge is 0.120 e. The van der Waals surface area contributed by atoms with E-state index in [1.165, 1.54) is 0 Å². The van der Waals surface area contributed by atoms with Gasteiger partial charge in [-0.25, -0.2) is 0 Å². The van der Waals surface area contributed by atoms with E-state index in [2.05, 4.69) is 11.4 Å². The summed E-state index contributed by atoms with van der Waals surface area (Å²) in [7, 11) is 1.85. The predicted octanol–water partition coefficient (Wildman–Crippen LogP) is 2.21. The lowest BCUT2D eigenvalue weighted by atomic mass is 10.2. The number of nitriles is 1. The summed E-state index contributed by atoms with van der Waals surface area (Å²) in [6.07, 6.45) is 1.92. The maximum Gasteiger partial charge on any atom is 0.120 e. The molecule has 1 aromatic heterocycles. The SMILES string of the molecule is Cn1cc(CNc2ccc(O)cc2)cc1C#N. The molecule has 0 fully saturated rings. The third-order valence-corrected chi connectivity index (χ3v) is 2.54. The van der Waals surface area contributed by atoms with Crippen molar-refractivity contribution in [1.29, 1.82) is 5.26 Å². The first kappa shape index (κ1) is 11.1. The molecule has 0 atom stereocenters. The van der Waals surface area contributed by atoms with E-state index in [-0.39, 0.29) is 5.75 Å². The third-order valence-electron chi connectivity index (χ3n) is 2.54. The number of phenols is 1. The maximum absolute atomic E-state index is 9.15. The molecule has 0 bridgehead atoms. The summed E-state index contributed by atoms with van der Waals surface area (Å²) in [6.45, 7) is 0.653. The molecule has 0 amide bonds. The van der Waals surface area contributed by atoms with Crippen molar-refractivity contribution >= 4 is 5.69 Å². The molecular weight excluding hydrogens is 214 g/mol. The summed E-state index contributed by atoms with van der Waals surface area (Å²) in [4.78, 5) is 0. The zero-order valence-corrected chi connectivity index (χ0v) is 9.51. The van der Waals surface area contributed by atoms with Crippen molar-refractivity contribution in [2.24, 2.45) is 7.05 Å². The average Bonchev–Trinajstić information content (AvgIpc) is 2.69. The Morgan fingerprint density at radius 1 is 1.35 bits per heavy atom. The highest BCUT2D eigenvalue weighted by molar-refractivity contribution is 5.46. The number of nitrogens with zero attached hydrogens (tertiary/aromatic N) is 2. The first-order chi connectivity index (χ1) is 8.19. The van der Waals surface area contributed by atoms with E-state index in [4.69, 9.17) is 10.4 Å². The second kappa shape index (κ2) is 4.62. The minimum atomic E-state index is 0.252. The fraction of sp³-hybridized carbons (Fsp3) is 0.154. The van der Waals surface area contributed by atoms with Crippen LogP contribution < -0.4 is 5.32 Å². The first-order valence-electron chi connectivity index (χ1n) is 5.27. The molecule has 0 aliphatic carbocycles. The van der Waals surface area contributed by atoms with Crippen LogP contribution in [0.25, 0.3) is 0 Å². The van der Waals surface area contributed by atoms with Gasteiger partial charge in [0.05, 0.1) is 0 Å². The van der Waals surface area contributed by atoms with Gasteiger partial charge in [0.1, 0.15) is 17.5 Å². The predicted molar refractivity (Wildman–Crippen MR) is 65.6 cm³/mol. The van der Waals surface area contributed by atoms with Gasteiger partial charge < -0.3 is 15.0 Å². The monoisotopic (exact) mass is 227 g/mol. The van der Waals surface area contributed by atoms with Gasteiger partial charge in [0.2, 0.25) is 0 Å². The van der Waals surface area contributed by atoms with E-state index >= 15 is 0 Å². The fourth-order valence-corrected chi connectivity index (χ4v) is 1.62. The molecule has 0 aliphatic heterocycles. The molecule has 4 nitrogen and oxygen atoms in total. The number of hydrogen-bond acceptors (Lipinski definition) is 3. The number of nitrogens with one attached hydrogen (secondary N) is 1. The second-order valence-electron chi connectivity index (χ2n) is 3.86. The van der Waals surface area contributed by atoms with Gasteiger partial charge in [-0.05, 0) is 35.9 Å². The molecule has 0 radical (unpaired) electrons. The van der Waals surface area contributed by atoms with Crippen LogP contribution in [-0.2, 0) is 13.6 Å². The first-order valence-corrected chi connectivity index (χ1v) is 5.27. The van der Waals surface area contributed by atoms with Crippen LogP contribution in [0.15, 0.2) is 36.5 Å². The Hall–Kier alpha value is -2.41. The van der Waals surface area contributed by atoms with E-state index in [1.54, 1.807) is 16.7 Å². The molecule has 2 aromatic rings. The number of aromatic nitrogens is 1. The third kappa shape index (κ3) is 2.58. The van der Waals surface area contributed by atoms with Crippen molar-refractivity contribution in [2.75, 3.05) is 5.32 Å². The van der Waals surface area contributed by atoms with E-state index in [0.29, 0.717) is 12.2 Å². The standard InChI is InChI=1S/C13H13N3O/c1-16-9-10(6-12(16)7-14)8-15-11-2-4-13(17)5-3-11/h2-6,9,15,17H,8H2,1H3. The fourth-order valence-electron chi connectivity index (χ4n) is 1.62. The van der Waals surface area contributed by atoms with Gasteiger partial charge in [-0.15, -0.1) is 0 Å². The van der Waals surface area contributed by atoms with E-state index < -0.39 is 0 Å². The zero-order valence-electron chi connectivity index (χ0n) is 9.51. The van der Waals surface area contributed by atoms with Gasteiger partial charge in [0.15, 0.2) is 0 Å². The molecule has 0 unspecified atom stereocenters. The molecule has 0 saturated carbocycles. The van der Waals surface area contributed by atoms with Crippen LogP contribution in [0.4, 0.5) is 5.69 Å². The Bertz CT molecular complexity index is 549. The average molecular weight is 227 g/mol. The Labute approximate surface area is 99.7 Å². The zero-order chi connectivity index (χ0) is 12.3. The van der Waals surface area contributed by atoms with Crippen molar-refractivity contribution < 1.29 is 5.11 Å². The molecule has 0 aliphatic rings. The number of hydrogen-bond donors (Lipinski definition) is 2. The molecule has 86 valence electrons. The second-order valence-corrected chi connectivity index (χ2v) is 3.86. The molecule has 1 aromatic carbocycles. The van der Waals surface area contributed by atoms with Crippen molar-refractivity contribution in [3.8, 4) is 11.8 Å². The highest BCUT2D eigenvalue weighted by Crippen LogP contribution is 2.15. The number of anilines is 1. The van der Waals surface area contributed by atoms with Crippen molar-refractivity contribution in [2.45, 2.75) is 6.54 Å². The number of rotatable bonds is 3. The normalized spacial score (nSPS) is 9.88. The summed E-state index contributed by atoms with van der Waals surface area (Å²) >= 11 is 0. The molecular formula is C13H13N3O. The van der Waals surface area contributed by atoms with Crippen LogP contribution in [0.1, 0.15) is 11.3 Å². The van der Waals surface area contributed by atoms with Crippen LogP contribution in [0.3, 0.4) is 0 Å². The topological polar surface area (TPSA) is 61.0 Å². The van der Waals surface area contributed by atoms with Crippen molar-refractivity contribution in [3.63, 3.8) is 0 Å². The van der Waals surface area contributed by atoms with E-state index in [9.17, 15) is 0 Å². The summed E-state index contributed by atoms with van der Waals surface area (Å²) < 4.78 is 1.80. The molecule has 1 heterocycles. The van der Waals surface area contributed by atoms with Gasteiger partial charge in [-0.3, -0.25) is 0 Å². The Morgan fingerprint density at radius 2 is 2.06 bits per heavy atom. The van der Waals surface area contributed by atoms with E-state index in [1.807, 2.05) is 31.4 Å². The molecule has 2 N–H and O–H groups in total. The molecule has 17 heavy (non-hydrogen) atoms. The summed E-state index contributed by atoms with van der Waals surface area (Å²) in [5, 5.41) is 21.2. The Kier molecular flexibility index (Phi) is 3.01. The maximum atomic E-state index is 9.15. The molecule has 2 rings (SSSR count). The van der Waals surface area contributed by atoms with Gasteiger partial charge in [0.25, 0.3) is 0 Å². The largest absolute Gasteiger partial charge is 0.508 e. The number of benzene rings is 1. The van der Waals surface area contributed by atoms with Gasteiger partial charge in [0, 0.05) is 25.5 Å². The van der Waals surface area contributed by atoms with Crippen molar-refractivity contribution in [1.82, 2.24) is 4.57 Å². The minimum Gasteiger partial charge on any atom is -0.508 e. The van der Waals surface area contributed by atoms with E-state index in [0.717, 1.165) is 11.3 Å². The van der Waals surface area contributed by atoms with Gasteiger partial charge in [-0.1, -0.05) is 0 Å². The number of aromatic hydroxyl groups is 1. The Balaban J connectivity index is 2.02. The van der Waals surface area contributed by atoms with Crippen molar-refractivity contribution in [3.05, 3.63) is 47.8 Å². The summed E-state index contributed by atoms with van der Waals surface area (Å²) in [5.41, 5.74) is 2.63. The minimum absolute atomic E-state index is 0.252. The molecule has 4 heteroatoms. The highest BCUT2D eigenvalue weighted by Gasteiger charge is 2.01. The van der Waals surface area contributed by atoms with Gasteiger partial charge in [-0.2, -0.15) is 5.26 Å². The Morgan fingerprint density at radius 3 is 2.65 bits per heavy atom. The number of aryl methyl sites for hydroxylation is 1. The van der Waals surface area contributed by atoms with Crippen LogP contribution in [0.5, 0.6) is 5.75 Å². The number of phenolic OH excluding ortho intramolecular Hbond substituents is 1. The van der Waals surface area contributed by atoms with Crippen LogP contribution in [0, 0.1) is 11.3 Å². The summed E-state index contributed by atoms with van der Waals surface area (Å²) in [6, 6.07) is 10.9.